The molecule has 0 radical (unpaired) electrons. The molecule has 1 fully saturated rings. The molecule has 10 heteroatoms. The molecule has 1 N–H and O–H groups in total. The molecule has 1 aliphatic heterocycles. The van der Waals surface area contributed by atoms with E-state index >= 15 is 0 Å². The van der Waals surface area contributed by atoms with E-state index < -0.39 is 12.3 Å². The van der Waals surface area contributed by atoms with Crippen LogP contribution in [0.5, 0.6) is 17.2 Å². The van der Waals surface area contributed by atoms with E-state index in [4.69, 9.17) is 14.6 Å². The molecule has 2 aromatic rings. The normalized spacial score (nSPS) is 17.1. The van der Waals surface area contributed by atoms with Gasteiger partial charge in [-0.05, 0) is 29.8 Å². The van der Waals surface area contributed by atoms with Gasteiger partial charge in [0.2, 0.25) is 0 Å². The summed E-state index contributed by atoms with van der Waals surface area (Å²) in [6.45, 7) is 2.24. The molecule has 2 aromatic carbocycles. The first-order valence-electron chi connectivity index (χ1n) is 8.98. The number of benzene rings is 2. The third-order valence-electron chi connectivity index (χ3n) is 4.32. The standard InChI is InChI=1S/C20H20F3NO5.ClH/c21-20(22,23)29-17-3-1-2-16(12-17)28-15-6-4-14(5-7-15)18-13-24(10-11-27-18)9-8-19(25)26;/h1-7,12,18H,8-11,13H2,(H,25,26);1H. The second-order valence-electron chi connectivity index (χ2n) is 6.50. The first-order valence-corrected chi connectivity index (χ1v) is 8.98. The van der Waals surface area contributed by atoms with Crippen LogP contribution < -0.4 is 9.47 Å². The number of hydrogen-bond donors (Lipinski definition) is 1. The highest BCUT2D eigenvalue weighted by Crippen LogP contribution is 2.30. The van der Waals surface area contributed by atoms with Crippen LogP contribution in [0.1, 0.15) is 18.1 Å². The zero-order valence-corrected chi connectivity index (χ0v) is 16.6. The average Bonchev–Trinajstić information content (AvgIpc) is 2.66. The van der Waals surface area contributed by atoms with E-state index in [0.717, 1.165) is 11.6 Å². The van der Waals surface area contributed by atoms with Crippen LogP contribution in [0, 0.1) is 0 Å². The highest BCUT2D eigenvalue weighted by molar-refractivity contribution is 5.85. The van der Waals surface area contributed by atoms with Crippen LogP contribution in [-0.2, 0) is 9.53 Å². The van der Waals surface area contributed by atoms with Gasteiger partial charge in [-0.15, -0.1) is 25.6 Å². The maximum absolute atomic E-state index is 12.3. The van der Waals surface area contributed by atoms with Gasteiger partial charge in [-0.1, -0.05) is 18.2 Å². The Balaban J connectivity index is 0.00000320. The van der Waals surface area contributed by atoms with Gasteiger partial charge in [0.15, 0.2) is 0 Å². The monoisotopic (exact) mass is 447 g/mol. The van der Waals surface area contributed by atoms with Crippen LogP contribution in [0.4, 0.5) is 13.2 Å². The Morgan fingerprint density at radius 1 is 1.13 bits per heavy atom. The molecule has 6 nitrogen and oxygen atoms in total. The van der Waals surface area contributed by atoms with Crippen molar-refractivity contribution in [3.8, 4) is 17.2 Å². The Morgan fingerprint density at radius 3 is 2.50 bits per heavy atom. The van der Waals surface area contributed by atoms with Crippen LogP contribution in [0.3, 0.4) is 0 Å². The fourth-order valence-electron chi connectivity index (χ4n) is 2.98. The zero-order chi connectivity index (χ0) is 20.9. The fourth-order valence-corrected chi connectivity index (χ4v) is 2.98. The third-order valence-corrected chi connectivity index (χ3v) is 4.32. The van der Waals surface area contributed by atoms with Crippen molar-refractivity contribution in [2.75, 3.05) is 26.2 Å². The quantitative estimate of drug-likeness (QED) is 0.666. The summed E-state index contributed by atoms with van der Waals surface area (Å²) in [7, 11) is 0. The maximum Gasteiger partial charge on any atom is 0.573 e. The van der Waals surface area contributed by atoms with Crippen molar-refractivity contribution in [3.05, 3.63) is 54.1 Å². The van der Waals surface area contributed by atoms with E-state index in [-0.39, 0.29) is 36.4 Å². The van der Waals surface area contributed by atoms with Crippen LogP contribution in [0.15, 0.2) is 48.5 Å². The number of aliphatic carboxylic acids is 1. The molecule has 1 unspecified atom stereocenters. The van der Waals surface area contributed by atoms with Crippen LogP contribution in [-0.4, -0.2) is 48.6 Å². The van der Waals surface area contributed by atoms with Crippen molar-refractivity contribution >= 4 is 18.4 Å². The van der Waals surface area contributed by atoms with Gasteiger partial charge in [-0.25, -0.2) is 0 Å². The van der Waals surface area contributed by atoms with Crippen molar-refractivity contribution in [1.29, 1.82) is 0 Å². The summed E-state index contributed by atoms with van der Waals surface area (Å²) in [6.07, 6.45) is -4.87. The minimum Gasteiger partial charge on any atom is -0.481 e. The van der Waals surface area contributed by atoms with Crippen molar-refractivity contribution < 1.29 is 37.3 Å². The van der Waals surface area contributed by atoms with Crippen LogP contribution in [0.2, 0.25) is 0 Å². The lowest BCUT2D eigenvalue weighted by Gasteiger charge is -2.32. The van der Waals surface area contributed by atoms with E-state index in [1.807, 2.05) is 17.0 Å². The number of alkyl halides is 3. The summed E-state index contributed by atoms with van der Waals surface area (Å²) in [5, 5.41) is 8.82. The van der Waals surface area contributed by atoms with Gasteiger partial charge in [-0.2, -0.15) is 0 Å². The van der Waals surface area contributed by atoms with E-state index in [1.54, 1.807) is 12.1 Å². The van der Waals surface area contributed by atoms with Crippen molar-refractivity contribution in [1.82, 2.24) is 4.90 Å². The molecular formula is C20H21ClF3NO5. The Morgan fingerprint density at radius 2 is 1.83 bits per heavy atom. The number of ether oxygens (including phenoxy) is 3. The van der Waals surface area contributed by atoms with Gasteiger partial charge in [0, 0.05) is 25.7 Å². The smallest absolute Gasteiger partial charge is 0.481 e. The Bertz CT molecular complexity index is 832. The molecule has 1 atom stereocenters. The number of nitrogens with zero attached hydrogens (tertiary/aromatic N) is 1. The summed E-state index contributed by atoms with van der Waals surface area (Å²) < 4.78 is 52.2. The molecule has 0 saturated carbocycles. The molecule has 1 heterocycles. The summed E-state index contributed by atoms with van der Waals surface area (Å²) in [5.41, 5.74) is 0.909. The summed E-state index contributed by atoms with van der Waals surface area (Å²) in [6, 6.07) is 12.3. The molecule has 0 bridgehead atoms. The van der Waals surface area contributed by atoms with Crippen LogP contribution in [0.25, 0.3) is 0 Å². The lowest BCUT2D eigenvalue weighted by atomic mass is 10.1. The van der Waals surface area contributed by atoms with E-state index in [2.05, 4.69) is 4.74 Å². The highest BCUT2D eigenvalue weighted by atomic mass is 35.5. The predicted molar refractivity (Wildman–Crippen MR) is 104 cm³/mol. The molecule has 30 heavy (non-hydrogen) atoms. The number of morpholine rings is 1. The first kappa shape index (κ1) is 23.8. The van der Waals surface area contributed by atoms with E-state index in [0.29, 0.717) is 32.0 Å². The van der Waals surface area contributed by atoms with E-state index in [9.17, 15) is 18.0 Å². The zero-order valence-electron chi connectivity index (χ0n) is 15.8. The Kier molecular flexibility index (Phi) is 8.33. The number of carboxylic acids is 1. The highest BCUT2D eigenvalue weighted by Gasteiger charge is 2.31. The molecule has 0 amide bonds. The molecule has 0 spiro atoms. The molecule has 0 aliphatic carbocycles. The molecule has 1 saturated heterocycles. The van der Waals surface area contributed by atoms with Gasteiger partial charge in [0.1, 0.15) is 17.2 Å². The number of carboxylic acid groups (broad SMARTS) is 1. The van der Waals surface area contributed by atoms with Crippen molar-refractivity contribution in [2.24, 2.45) is 0 Å². The van der Waals surface area contributed by atoms with Gasteiger partial charge in [0.25, 0.3) is 0 Å². The lowest BCUT2D eigenvalue weighted by Crippen LogP contribution is -2.39. The van der Waals surface area contributed by atoms with Gasteiger partial charge >= 0.3 is 12.3 Å². The molecule has 0 aromatic heterocycles. The van der Waals surface area contributed by atoms with Gasteiger partial charge in [0.05, 0.1) is 19.1 Å². The SMILES string of the molecule is Cl.O=C(O)CCN1CCOC(c2ccc(Oc3cccc(OC(F)(F)F)c3)cc2)C1. The Labute approximate surface area is 177 Å². The largest absolute Gasteiger partial charge is 0.573 e. The van der Waals surface area contributed by atoms with Gasteiger partial charge < -0.3 is 19.3 Å². The van der Waals surface area contributed by atoms with Crippen LogP contribution >= 0.6 is 12.4 Å². The fraction of sp³-hybridized carbons (Fsp3) is 0.350. The third kappa shape index (κ3) is 7.40. The number of halogens is 4. The molecule has 1 aliphatic rings. The maximum atomic E-state index is 12.3. The van der Waals surface area contributed by atoms with Crippen molar-refractivity contribution in [2.45, 2.75) is 18.9 Å². The van der Waals surface area contributed by atoms with Gasteiger partial charge in [-0.3, -0.25) is 9.69 Å². The minimum atomic E-state index is -4.77. The number of rotatable bonds is 7. The molecule has 164 valence electrons. The number of hydrogen-bond acceptors (Lipinski definition) is 5. The van der Waals surface area contributed by atoms with E-state index in [1.165, 1.54) is 18.2 Å². The average molecular weight is 448 g/mol. The molecule has 3 rings (SSSR count). The van der Waals surface area contributed by atoms with Crippen molar-refractivity contribution in [3.63, 3.8) is 0 Å². The Hall–Kier alpha value is -2.49. The summed E-state index contributed by atoms with van der Waals surface area (Å²) in [5.74, 6) is -0.521. The predicted octanol–water partition coefficient (Wildman–Crippen LogP) is 4.65. The topological polar surface area (TPSA) is 68.2 Å². The minimum absolute atomic E-state index is 0. The first-order chi connectivity index (χ1) is 13.8. The summed E-state index contributed by atoms with van der Waals surface area (Å²) >= 11 is 0. The number of carbonyl (C=O) groups is 1. The second-order valence-corrected chi connectivity index (χ2v) is 6.50. The molecular weight excluding hydrogens is 427 g/mol. The summed E-state index contributed by atoms with van der Waals surface area (Å²) in [4.78, 5) is 12.8. The lowest BCUT2D eigenvalue weighted by molar-refractivity contribution is -0.274. The second kappa shape index (κ2) is 10.5.